The molecule has 2 nitrogen and oxygen atoms in total. The zero-order chi connectivity index (χ0) is 11.1. The largest absolute Gasteiger partial charge is 0.372 e. The highest BCUT2D eigenvalue weighted by Gasteiger charge is 2.17. The molecule has 0 bridgehead atoms. The average molecular weight is 274 g/mol. The highest BCUT2D eigenvalue weighted by Crippen LogP contribution is 2.26. The SMILES string of the molecule is [B]c1nc2cc(CBr)ccc2c2c1COC2. The molecule has 0 aliphatic carbocycles. The van der Waals surface area contributed by atoms with Crippen LogP contribution in [0.5, 0.6) is 0 Å². The van der Waals surface area contributed by atoms with Crippen molar-refractivity contribution < 1.29 is 4.74 Å². The van der Waals surface area contributed by atoms with Gasteiger partial charge in [-0.1, -0.05) is 28.1 Å². The van der Waals surface area contributed by atoms with E-state index in [1.54, 1.807) is 0 Å². The Morgan fingerprint density at radius 3 is 2.94 bits per heavy atom. The number of nitrogens with zero attached hydrogens (tertiary/aromatic N) is 1. The van der Waals surface area contributed by atoms with Gasteiger partial charge in [0.2, 0.25) is 0 Å². The predicted octanol–water partition coefficient (Wildman–Crippen LogP) is 1.95. The first-order chi connectivity index (χ1) is 7.79. The van der Waals surface area contributed by atoms with Gasteiger partial charge in [-0.05, 0) is 28.4 Å². The number of ether oxygens (including phenoxy) is 1. The average Bonchev–Trinajstić information content (AvgIpc) is 2.78. The molecule has 0 saturated carbocycles. The molecule has 1 aromatic heterocycles. The molecule has 0 fully saturated rings. The Kier molecular flexibility index (Phi) is 2.48. The molecule has 1 aromatic carbocycles. The summed E-state index contributed by atoms with van der Waals surface area (Å²) >= 11 is 3.44. The van der Waals surface area contributed by atoms with E-state index < -0.39 is 0 Å². The van der Waals surface area contributed by atoms with Crippen molar-refractivity contribution in [1.29, 1.82) is 0 Å². The lowest BCUT2D eigenvalue weighted by Crippen LogP contribution is -2.15. The number of alkyl halides is 1. The van der Waals surface area contributed by atoms with E-state index in [0.717, 1.165) is 21.8 Å². The summed E-state index contributed by atoms with van der Waals surface area (Å²) in [5.74, 6) is 0. The molecule has 0 spiro atoms. The van der Waals surface area contributed by atoms with Crippen LogP contribution in [0.3, 0.4) is 0 Å². The lowest BCUT2D eigenvalue weighted by atomic mass is 9.92. The van der Waals surface area contributed by atoms with E-state index >= 15 is 0 Å². The molecular formula is C12H9BBrNO. The predicted molar refractivity (Wildman–Crippen MR) is 68.3 cm³/mol. The Morgan fingerprint density at radius 1 is 1.31 bits per heavy atom. The van der Waals surface area contributed by atoms with Gasteiger partial charge in [0.05, 0.1) is 18.7 Å². The molecule has 4 heteroatoms. The number of hydrogen-bond donors (Lipinski definition) is 0. The van der Waals surface area contributed by atoms with Crippen LogP contribution in [0.2, 0.25) is 0 Å². The molecule has 0 amide bonds. The maximum absolute atomic E-state index is 5.93. The second-order valence-electron chi connectivity index (χ2n) is 3.93. The number of aromatic nitrogens is 1. The molecule has 0 saturated heterocycles. The minimum Gasteiger partial charge on any atom is -0.372 e. The zero-order valence-electron chi connectivity index (χ0n) is 8.66. The van der Waals surface area contributed by atoms with Crippen molar-refractivity contribution in [3.8, 4) is 0 Å². The van der Waals surface area contributed by atoms with Crippen LogP contribution in [-0.2, 0) is 23.3 Å². The molecular weight excluding hydrogens is 265 g/mol. The van der Waals surface area contributed by atoms with Crippen molar-refractivity contribution >= 4 is 40.3 Å². The van der Waals surface area contributed by atoms with Crippen molar-refractivity contribution in [2.24, 2.45) is 0 Å². The number of halogens is 1. The van der Waals surface area contributed by atoms with Crippen LogP contribution in [0, 0.1) is 0 Å². The molecule has 2 radical (unpaired) electrons. The summed E-state index contributed by atoms with van der Waals surface area (Å²) < 4.78 is 5.43. The third-order valence-electron chi connectivity index (χ3n) is 2.95. The fraction of sp³-hybridized carbons (Fsp3) is 0.250. The van der Waals surface area contributed by atoms with Gasteiger partial charge in [-0.2, -0.15) is 0 Å². The fourth-order valence-electron chi connectivity index (χ4n) is 2.10. The van der Waals surface area contributed by atoms with E-state index in [-0.39, 0.29) is 0 Å². The minimum absolute atomic E-state index is 0.588. The molecule has 2 heterocycles. The standard InChI is InChI=1S/C12H9BBrNO/c13-12-10-6-16-5-9(10)8-2-1-7(4-14)3-11(8)15-12/h1-3H,4-6H2. The second kappa shape index (κ2) is 3.86. The zero-order valence-corrected chi connectivity index (χ0v) is 10.3. The Hall–Kier alpha value is -0.865. The van der Waals surface area contributed by atoms with Gasteiger partial charge in [-0.25, -0.2) is 0 Å². The molecule has 16 heavy (non-hydrogen) atoms. The van der Waals surface area contributed by atoms with Crippen LogP contribution in [0.25, 0.3) is 10.9 Å². The summed E-state index contributed by atoms with van der Waals surface area (Å²) in [7, 11) is 5.93. The summed E-state index contributed by atoms with van der Waals surface area (Å²) in [6.45, 7) is 1.23. The molecule has 78 valence electrons. The second-order valence-corrected chi connectivity index (χ2v) is 4.49. The summed E-state index contributed by atoms with van der Waals surface area (Å²) in [5, 5.41) is 1.99. The summed E-state index contributed by atoms with van der Waals surface area (Å²) in [5.41, 5.74) is 5.02. The van der Waals surface area contributed by atoms with Gasteiger partial charge in [0.1, 0.15) is 7.85 Å². The van der Waals surface area contributed by atoms with Crippen LogP contribution < -0.4 is 5.59 Å². The molecule has 0 N–H and O–H groups in total. The van der Waals surface area contributed by atoms with Crippen LogP contribution in [0.4, 0.5) is 0 Å². The van der Waals surface area contributed by atoms with Crippen molar-refractivity contribution in [2.75, 3.05) is 0 Å². The Balaban J connectivity index is 2.33. The highest BCUT2D eigenvalue weighted by atomic mass is 79.9. The van der Waals surface area contributed by atoms with E-state index in [1.165, 1.54) is 11.1 Å². The number of fused-ring (bicyclic) bond motifs is 3. The summed E-state index contributed by atoms with van der Waals surface area (Å²) in [6, 6.07) is 6.28. The van der Waals surface area contributed by atoms with E-state index in [1.807, 2.05) is 0 Å². The first-order valence-corrected chi connectivity index (χ1v) is 6.25. The first kappa shape index (κ1) is 10.3. The first-order valence-electron chi connectivity index (χ1n) is 5.13. The van der Waals surface area contributed by atoms with Crippen LogP contribution >= 0.6 is 15.9 Å². The Morgan fingerprint density at radius 2 is 2.12 bits per heavy atom. The van der Waals surface area contributed by atoms with Crippen molar-refractivity contribution in [3.63, 3.8) is 0 Å². The highest BCUT2D eigenvalue weighted by molar-refractivity contribution is 9.08. The molecule has 1 aliphatic heterocycles. The van der Waals surface area contributed by atoms with E-state index in [9.17, 15) is 0 Å². The minimum atomic E-state index is 0.588. The molecule has 0 unspecified atom stereocenters. The molecule has 0 atom stereocenters. The van der Waals surface area contributed by atoms with Gasteiger partial charge in [0.25, 0.3) is 0 Å². The van der Waals surface area contributed by atoms with E-state index in [0.29, 0.717) is 18.8 Å². The fourth-order valence-corrected chi connectivity index (χ4v) is 2.45. The normalized spacial score (nSPS) is 14.3. The Labute approximate surface area is 104 Å². The molecule has 3 rings (SSSR count). The van der Waals surface area contributed by atoms with Gasteiger partial charge < -0.3 is 4.74 Å². The topological polar surface area (TPSA) is 22.1 Å². The van der Waals surface area contributed by atoms with Gasteiger partial charge >= 0.3 is 0 Å². The van der Waals surface area contributed by atoms with Gasteiger partial charge in [-0.3, -0.25) is 4.98 Å². The van der Waals surface area contributed by atoms with Gasteiger partial charge in [-0.15, -0.1) is 0 Å². The lowest BCUT2D eigenvalue weighted by Gasteiger charge is -2.08. The lowest BCUT2D eigenvalue weighted by molar-refractivity contribution is 0.135. The maximum atomic E-state index is 5.93. The summed E-state index contributed by atoms with van der Waals surface area (Å²) in [6.07, 6.45) is 0. The number of benzene rings is 1. The van der Waals surface area contributed by atoms with Crippen molar-refractivity contribution in [1.82, 2.24) is 4.98 Å². The van der Waals surface area contributed by atoms with Crippen LogP contribution in [0.15, 0.2) is 18.2 Å². The van der Waals surface area contributed by atoms with Crippen LogP contribution in [0.1, 0.15) is 16.7 Å². The van der Waals surface area contributed by atoms with Gasteiger partial charge in [0, 0.05) is 10.7 Å². The number of hydrogen-bond acceptors (Lipinski definition) is 2. The number of rotatable bonds is 1. The van der Waals surface area contributed by atoms with E-state index in [2.05, 4.69) is 39.1 Å². The van der Waals surface area contributed by atoms with Crippen molar-refractivity contribution in [2.45, 2.75) is 18.5 Å². The third-order valence-corrected chi connectivity index (χ3v) is 3.60. The Bertz CT molecular complexity index is 570. The quantitative estimate of drug-likeness (QED) is 0.585. The number of pyridine rings is 1. The maximum Gasteiger partial charge on any atom is 0.142 e. The molecule has 2 aromatic rings. The van der Waals surface area contributed by atoms with Crippen LogP contribution in [-0.4, -0.2) is 12.8 Å². The van der Waals surface area contributed by atoms with Gasteiger partial charge in [0.15, 0.2) is 0 Å². The molecule has 1 aliphatic rings. The smallest absolute Gasteiger partial charge is 0.142 e. The monoisotopic (exact) mass is 273 g/mol. The van der Waals surface area contributed by atoms with E-state index in [4.69, 9.17) is 12.6 Å². The third kappa shape index (κ3) is 1.48. The van der Waals surface area contributed by atoms with Crippen molar-refractivity contribution in [3.05, 3.63) is 34.9 Å². The summed E-state index contributed by atoms with van der Waals surface area (Å²) in [4.78, 5) is 4.43.